The Morgan fingerprint density at radius 2 is 1.14 bits per heavy atom. The molecule has 3 bridgehead atoms. The molecule has 7 saturated heterocycles. The molecule has 26 heteroatoms. The third-order valence-corrected chi connectivity index (χ3v) is 18.7. The molecule has 26 nitrogen and oxygen atoms in total. The van der Waals surface area contributed by atoms with Gasteiger partial charge in [-0.3, -0.25) is 4.79 Å². The van der Waals surface area contributed by atoms with Crippen molar-refractivity contribution in [1.29, 1.82) is 0 Å². The number of ether oxygens (including phenoxy) is 11. The quantitative estimate of drug-likeness (QED) is 0.0765. The predicted octanol–water partition coefficient (Wildman–Crippen LogP) is -4.44. The van der Waals surface area contributed by atoms with Crippen molar-refractivity contribution in [3.63, 3.8) is 0 Å². The zero-order valence-corrected chi connectivity index (χ0v) is 43.7. The number of rotatable bonds is 9. The molecule has 7 heterocycles. The van der Waals surface area contributed by atoms with Gasteiger partial charge in [-0.2, -0.15) is 0 Å². The molecular weight excluding hydrogens is 1030 g/mol. The molecular formula is C51H82O26. The summed E-state index contributed by atoms with van der Waals surface area (Å²) in [6, 6.07) is 0. The van der Waals surface area contributed by atoms with Crippen LogP contribution in [0.1, 0.15) is 91.9 Å². The molecule has 0 aromatic rings. The topological polar surface area (TPSA) is 402 Å². The van der Waals surface area contributed by atoms with Gasteiger partial charge in [0.1, 0.15) is 104 Å². The van der Waals surface area contributed by atoms with Crippen molar-refractivity contribution in [2.45, 2.75) is 257 Å². The zero-order chi connectivity index (χ0) is 55.8. The van der Waals surface area contributed by atoms with E-state index in [1.807, 2.05) is 6.92 Å². The molecule has 15 unspecified atom stereocenters. The first-order valence-electron chi connectivity index (χ1n) is 27.3. The molecule has 0 aromatic carbocycles. The fraction of sp³-hybridized carbons (Fsp3) is 0.941. The van der Waals surface area contributed by atoms with Gasteiger partial charge in [-0.05, 0) is 96.0 Å². The lowest BCUT2D eigenvalue weighted by molar-refractivity contribution is -0.412. The fourth-order valence-corrected chi connectivity index (χ4v) is 14.1. The van der Waals surface area contributed by atoms with E-state index in [1.165, 1.54) is 13.8 Å². The largest absolute Gasteiger partial charge is 0.432 e. The van der Waals surface area contributed by atoms with E-state index in [0.29, 0.717) is 56.9 Å². The van der Waals surface area contributed by atoms with Crippen molar-refractivity contribution >= 4 is 5.97 Å². The minimum Gasteiger partial charge on any atom is -0.432 e. The van der Waals surface area contributed by atoms with Crippen molar-refractivity contribution < 1.29 is 128 Å². The van der Waals surface area contributed by atoms with Crippen molar-refractivity contribution in [3.05, 3.63) is 12.2 Å². The van der Waals surface area contributed by atoms with Crippen LogP contribution >= 0.6 is 0 Å². The summed E-state index contributed by atoms with van der Waals surface area (Å²) < 4.78 is 70.1. The lowest BCUT2D eigenvalue weighted by atomic mass is 9.52. The van der Waals surface area contributed by atoms with Crippen LogP contribution < -0.4 is 0 Å². The summed E-state index contributed by atoms with van der Waals surface area (Å²) in [7, 11) is 0. The molecule has 0 radical (unpaired) electrons. The standard InChI is InChI=1S/C51H82O26/c1-19-9-6-7-10-27-49(5,48(66)75-45-40(36(63)31(58)25(17-53)70-45)73-43-37(64)33(60)28(55)21(3)67-43)12-8-13-51(27)23-11-14-50(19,20(2)15-23)77-47-42(74-46-41(76-51)35(62)29(56)22(4)68-46)39(32(59)26(18-54)71-47)72-44-38(65)34(61)30(57)24(16-52)69-44/h20-47,52-65H,1,6-18H2,2-5H3/t20-,21?,22?,23-,24?,25?,26?,27?,28+,29+,30-,31-,32-,33?,34?,35?,36?,37?,38?,39?,40?,41+,42?,43+,44+,45-,46+,47+,49-,50-,51-/m1/s1. The minimum absolute atomic E-state index is 0.202. The molecule has 77 heavy (non-hydrogen) atoms. The van der Waals surface area contributed by atoms with E-state index in [-0.39, 0.29) is 12.8 Å². The number of hydrogen-bond donors (Lipinski definition) is 14. The van der Waals surface area contributed by atoms with Crippen LogP contribution in [0.2, 0.25) is 0 Å². The van der Waals surface area contributed by atoms with Crippen LogP contribution in [-0.4, -0.2) is 262 Å². The van der Waals surface area contributed by atoms with Gasteiger partial charge in [-0.1, -0.05) is 19.9 Å². The normalized spacial score (nSPS) is 54.7. The predicted molar refractivity (Wildman–Crippen MR) is 254 cm³/mol. The van der Waals surface area contributed by atoms with E-state index >= 15 is 4.79 Å². The van der Waals surface area contributed by atoms with E-state index in [9.17, 15) is 71.5 Å². The van der Waals surface area contributed by atoms with Crippen LogP contribution in [0.3, 0.4) is 0 Å². The molecule has 14 N–H and O–H groups in total. The first-order chi connectivity index (χ1) is 36.5. The number of hydrogen-bond acceptors (Lipinski definition) is 26. The van der Waals surface area contributed by atoms with E-state index in [0.717, 1.165) is 0 Å². The van der Waals surface area contributed by atoms with Gasteiger partial charge in [0.05, 0.1) is 48.6 Å². The number of aliphatic hydroxyl groups is 14. The maximum Gasteiger partial charge on any atom is 0.314 e. The summed E-state index contributed by atoms with van der Waals surface area (Å²) >= 11 is 0. The van der Waals surface area contributed by atoms with E-state index in [2.05, 4.69) is 6.58 Å². The van der Waals surface area contributed by atoms with Gasteiger partial charge in [-0.25, -0.2) is 0 Å². The van der Waals surface area contributed by atoms with E-state index in [4.69, 9.17) is 52.1 Å². The van der Waals surface area contributed by atoms with Gasteiger partial charge in [0.15, 0.2) is 31.3 Å². The highest BCUT2D eigenvalue weighted by molar-refractivity contribution is 5.77. The highest BCUT2D eigenvalue weighted by Gasteiger charge is 2.66. The molecule has 0 amide bonds. The van der Waals surface area contributed by atoms with Crippen molar-refractivity contribution in [2.75, 3.05) is 19.8 Å². The van der Waals surface area contributed by atoms with Gasteiger partial charge in [0.25, 0.3) is 0 Å². The highest BCUT2D eigenvalue weighted by atomic mass is 16.8. The first-order valence-corrected chi connectivity index (χ1v) is 27.3. The number of carbonyl (C=O) groups is 1. The van der Waals surface area contributed by atoms with Crippen molar-refractivity contribution in [2.24, 2.45) is 23.2 Å². The Kier molecular flexibility index (Phi) is 18.3. The summed E-state index contributed by atoms with van der Waals surface area (Å²) in [5.74, 6) is -2.50. The number of fused-ring (bicyclic) bond motifs is 4. The molecule has 4 saturated carbocycles. The van der Waals surface area contributed by atoms with Gasteiger partial charge < -0.3 is 124 Å². The summed E-state index contributed by atoms with van der Waals surface area (Å²) in [4.78, 5) is 15.5. The van der Waals surface area contributed by atoms with Gasteiger partial charge >= 0.3 is 5.97 Å². The second-order valence-electron chi connectivity index (χ2n) is 23.3. The number of aliphatic hydroxyl groups excluding tert-OH is 14. The molecule has 0 aromatic heterocycles. The SMILES string of the molecule is C=C1CCCCC2[C@](C)(C(=O)O[C@H]3OC(CO)[C@@H](O)C(O)C3O[C@@H]3OC(C)[C@H](O)C(O)C3O)CCC[C@]23O[C@H]2C(O)[C@@H](O)C(C)O[C@H]2OC2C(O[C@@H]4OC(CO)[C@@H](O)C(O)C4O)[C@H](O)C(CO)O[C@H]2O[C@]12CC[C@@H]3C[C@H]2C. The molecule has 442 valence electrons. The van der Waals surface area contributed by atoms with Crippen LogP contribution in [0, 0.1) is 23.2 Å². The van der Waals surface area contributed by atoms with Gasteiger partial charge in [0, 0.05) is 5.92 Å². The molecule has 11 aliphatic rings. The maximum absolute atomic E-state index is 15.5. The average Bonchev–Trinajstić information content (AvgIpc) is 3.50. The Balaban J connectivity index is 1.12. The molecule has 11 rings (SSSR count). The van der Waals surface area contributed by atoms with Crippen LogP contribution in [0.25, 0.3) is 0 Å². The lowest BCUT2D eigenvalue weighted by Gasteiger charge is -2.61. The minimum atomic E-state index is -1.95. The zero-order valence-electron chi connectivity index (χ0n) is 43.7. The monoisotopic (exact) mass is 1110 g/mol. The Bertz CT molecular complexity index is 2020. The maximum atomic E-state index is 15.5. The van der Waals surface area contributed by atoms with Gasteiger partial charge in [0.2, 0.25) is 6.29 Å². The second-order valence-corrected chi connectivity index (χ2v) is 23.3. The fourth-order valence-electron chi connectivity index (χ4n) is 14.1. The second kappa shape index (κ2) is 23.5. The van der Waals surface area contributed by atoms with E-state index in [1.54, 1.807) is 6.92 Å². The van der Waals surface area contributed by atoms with Crippen LogP contribution in [0.15, 0.2) is 12.2 Å². The number of carbonyl (C=O) groups excluding carboxylic acids is 1. The Morgan fingerprint density at radius 1 is 0.558 bits per heavy atom. The van der Waals surface area contributed by atoms with Crippen LogP contribution in [-0.2, 0) is 56.9 Å². The lowest BCUT2D eigenvalue weighted by Crippen LogP contribution is -2.70. The highest BCUT2D eigenvalue weighted by Crippen LogP contribution is 2.61. The van der Waals surface area contributed by atoms with Crippen LogP contribution in [0.5, 0.6) is 0 Å². The summed E-state index contributed by atoms with van der Waals surface area (Å²) in [5, 5.41) is 154. The smallest absolute Gasteiger partial charge is 0.314 e. The Morgan fingerprint density at radius 3 is 1.81 bits per heavy atom. The van der Waals surface area contributed by atoms with E-state index < -0.39 is 214 Å². The van der Waals surface area contributed by atoms with Gasteiger partial charge in [-0.15, -0.1) is 0 Å². The first kappa shape index (κ1) is 59.9. The third-order valence-electron chi connectivity index (χ3n) is 18.7. The molecule has 4 aliphatic carbocycles. The Hall–Kier alpha value is -1.75. The molecule has 1 spiro atoms. The summed E-state index contributed by atoms with van der Waals surface area (Å²) in [6.07, 6.45) is -38.0. The molecule has 31 atom stereocenters. The van der Waals surface area contributed by atoms with Crippen molar-refractivity contribution in [3.8, 4) is 0 Å². The van der Waals surface area contributed by atoms with Crippen LogP contribution in [0.4, 0.5) is 0 Å². The number of esters is 1. The third kappa shape index (κ3) is 10.6. The molecule has 11 fully saturated rings. The summed E-state index contributed by atoms with van der Waals surface area (Å²) in [5.41, 5.74) is -3.41. The van der Waals surface area contributed by atoms with Crippen molar-refractivity contribution in [1.82, 2.24) is 0 Å². The molecule has 7 aliphatic heterocycles. The summed E-state index contributed by atoms with van der Waals surface area (Å²) in [6.45, 7) is 8.76. The average molecular weight is 1110 g/mol. The Labute approximate surface area is 445 Å².